The lowest BCUT2D eigenvalue weighted by Crippen LogP contribution is -2.51. The minimum atomic E-state index is -1.37. The normalized spacial score (nSPS) is 14.2. The van der Waals surface area contributed by atoms with Crippen LogP contribution < -0.4 is 24.8 Å². The van der Waals surface area contributed by atoms with Gasteiger partial charge in [0.1, 0.15) is 6.04 Å². The molecule has 11 nitrogen and oxygen atoms in total. The van der Waals surface area contributed by atoms with Gasteiger partial charge < -0.3 is 34.9 Å². The first-order valence-electron chi connectivity index (χ1n) is 13.1. The van der Waals surface area contributed by atoms with E-state index in [4.69, 9.17) is 37.4 Å². The maximum Gasteiger partial charge on any atom is 0.328 e. The van der Waals surface area contributed by atoms with Crippen molar-refractivity contribution < 1.29 is 38.5 Å². The Kier molecular flexibility index (Phi) is 12.4. The highest BCUT2D eigenvalue weighted by Crippen LogP contribution is 2.38. The Hall–Kier alpha value is -3.61. The molecule has 1 saturated heterocycles. The van der Waals surface area contributed by atoms with Crippen molar-refractivity contribution in [1.82, 2.24) is 15.5 Å². The zero-order valence-corrected chi connectivity index (χ0v) is 26.4. The van der Waals surface area contributed by atoms with Crippen LogP contribution in [0.25, 0.3) is 6.08 Å². The van der Waals surface area contributed by atoms with Crippen LogP contribution in [0, 0.1) is 5.92 Å². The lowest BCUT2D eigenvalue weighted by Gasteiger charge is -2.31. The Bertz CT molecular complexity index is 1370. The van der Waals surface area contributed by atoms with Gasteiger partial charge in [0, 0.05) is 42.1 Å². The number of rotatable bonds is 12. The van der Waals surface area contributed by atoms with E-state index in [9.17, 15) is 24.3 Å². The quantitative estimate of drug-likeness (QED) is 0.229. The standard InChI is InChI=1S/C29H33Cl2N3O8S/c1-40-20-13-18(14-21(41-2)26(20)42-3)27(36)32-15-19(29(38)39)33-28(37)17-9-11-34(12-10-17)23(35)8-6-16-5-7-22(43-4)25(31)24(16)30/h5-8,13-14,17,19H,9-12,15H2,1-4H3,(H,32,36)(H,33,37)(H,38,39)/b8-6+/t19-/m0/s1. The average molecular weight is 655 g/mol. The molecule has 2 aromatic rings. The molecule has 0 aliphatic carbocycles. The molecule has 1 aliphatic heterocycles. The summed E-state index contributed by atoms with van der Waals surface area (Å²) in [7, 11) is 4.24. The van der Waals surface area contributed by atoms with Crippen molar-refractivity contribution in [2.24, 2.45) is 5.92 Å². The van der Waals surface area contributed by atoms with Gasteiger partial charge in [-0.05, 0) is 48.9 Å². The fraction of sp³-hybridized carbons (Fsp3) is 0.379. The van der Waals surface area contributed by atoms with Crippen LogP contribution in [0.5, 0.6) is 17.2 Å². The number of piperidine rings is 1. The van der Waals surface area contributed by atoms with Gasteiger partial charge in [0.25, 0.3) is 5.91 Å². The van der Waals surface area contributed by atoms with Crippen LogP contribution in [-0.2, 0) is 14.4 Å². The van der Waals surface area contributed by atoms with Crippen LogP contribution in [0.1, 0.15) is 28.8 Å². The first-order valence-corrected chi connectivity index (χ1v) is 15.1. The molecule has 0 aromatic heterocycles. The second kappa shape index (κ2) is 15.7. The molecular formula is C29H33Cl2N3O8S. The van der Waals surface area contributed by atoms with Gasteiger partial charge in [-0.2, -0.15) is 0 Å². The number of carboxylic acids is 1. The minimum absolute atomic E-state index is 0.151. The van der Waals surface area contributed by atoms with E-state index in [1.165, 1.54) is 51.3 Å². The molecule has 14 heteroatoms. The van der Waals surface area contributed by atoms with Crippen LogP contribution in [0.3, 0.4) is 0 Å². The Morgan fingerprint density at radius 1 is 1.05 bits per heavy atom. The van der Waals surface area contributed by atoms with Crippen LogP contribution in [-0.4, -0.2) is 87.0 Å². The van der Waals surface area contributed by atoms with Gasteiger partial charge in [-0.15, -0.1) is 11.8 Å². The summed E-state index contributed by atoms with van der Waals surface area (Å²) < 4.78 is 15.7. The van der Waals surface area contributed by atoms with Gasteiger partial charge in [0.15, 0.2) is 11.5 Å². The molecule has 2 aromatic carbocycles. The topological polar surface area (TPSA) is 144 Å². The maximum atomic E-state index is 12.9. The predicted molar refractivity (Wildman–Crippen MR) is 165 cm³/mol. The fourth-order valence-electron chi connectivity index (χ4n) is 4.46. The molecule has 43 heavy (non-hydrogen) atoms. The fourth-order valence-corrected chi connectivity index (χ4v) is 5.63. The SMILES string of the molecule is COc1cc(C(=O)NC[C@H](NC(=O)C2CCN(C(=O)/C=C/c3ccc(SC)c(Cl)c3Cl)CC2)C(=O)O)cc(OC)c1OC. The molecule has 0 bridgehead atoms. The molecule has 1 aliphatic rings. The number of nitrogens with zero attached hydrogens (tertiary/aromatic N) is 1. The molecule has 0 radical (unpaired) electrons. The number of likely N-dealkylation sites (tertiary alicyclic amines) is 1. The van der Waals surface area contributed by atoms with Gasteiger partial charge in [0.05, 0.1) is 31.4 Å². The molecule has 0 unspecified atom stereocenters. The number of ether oxygens (including phenoxy) is 3. The zero-order valence-electron chi connectivity index (χ0n) is 24.1. The molecule has 0 spiro atoms. The highest BCUT2D eigenvalue weighted by Gasteiger charge is 2.30. The smallest absolute Gasteiger partial charge is 0.328 e. The van der Waals surface area contributed by atoms with Gasteiger partial charge in [-0.1, -0.05) is 29.3 Å². The molecular weight excluding hydrogens is 621 g/mol. The number of carbonyl (C=O) groups is 4. The van der Waals surface area contributed by atoms with Crippen molar-refractivity contribution in [3.05, 3.63) is 51.5 Å². The van der Waals surface area contributed by atoms with Crippen molar-refractivity contribution in [1.29, 1.82) is 0 Å². The number of benzene rings is 2. The largest absolute Gasteiger partial charge is 0.493 e. The molecule has 0 saturated carbocycles. The number of nitrogens with one attached hydrogen (secondary N) is 2. The van der Waals surface area contributed by atoms with E-state index >= 15 is 0 Å². The minimum Gasteiger partial charge on any atom is -0.493 e. The summed E-state index contributed by atoms with van der Waals surface area (Å²) in [5, 5.41) is 15.5. The monoisotopic (exact) mass is 653 g/mol. The predicted octanol–water partition coefficient (Wildman–Crippen LogP) is 3.99. The Labute approximate surface area is 263 Å². The van der Waals surface area contributed by atoms with E-state index in [1.807, 2.05) is 12.3 Å². The number of carbonyl (C=O) groups excluding carboxylic acids is 3. The highest BCUT2D eigenvalue weighted by atomic mass is 35.5. The van der Waals surface area contributed by atoms with E-state index in [0.717, 1.165) is 4.90 Å². The summed E-state index contributed by atoms with van der Waals surface area (Å²) in [6, 6.07) is 5.11. The molecule has 232 valence electrons. The Balaban J connectivity index is 1.54. The summed E-state index contributed by atoms with van der Waals surface area (Å²) in [5.74, 6) is -2.28. The first kappa shape index (κ1) is 33.9. The van der Waals surface area contributed by atoms with Gasteiger partial charge in [-0.3, -0.25) is 14.4 Å². The van der Waals surface area contributed by atoms with Crippen molar-refractivity contribution in [3.8, 4) is 17.2 Å². The van der Waals surface area contributed by atoms with Gasteiger partial charge in [0.2, 0.25) is 17.6 Å². The summed E-state index contributed by atoms with van der Waals surface area (Å²) in [6.07, 6.45) is 5.60. The third-order valence-electron chi connectivity index (χ3n) is 6.89. The molecule has 3 N–H and O–H groups in total. The third-order valence-corrected chi connectivity index (χ3v) is 8.68. The average Bonchev–Trinajstić information content (AvgIpc) is 3.02. The lowest BCUT2D eigenvalue weighted by atomic mass is 9.95. The van der Waals surface area contributed by atoms with Crippen LogP contribution >= 0.6 is 35.0 Å². The van der Waals surface area contributed by atoms with Crippen molar-refractivity contribution in [2.75, 3.05) is 47.2 Å². The summed E-state index contributed by atoms with van der Waals surface area (Å²) in [4.78, 5) is 52.7. The highest BCUT2D eigenvalue weighted by molar-refractivity contribution is 7.98. The number of amides is 3. The van der Waals surface area contributed by atoms with Crippen molar-refractivity contribution in [3.63, 3.8) is 0 Å². The van der Waals surface area contributed by atoms with Crippen LogP contribution in [0.4, 0.5) is 0 Å². The molecule has 1 heterocycles. The van der Waals surface area contributed by atoms with Crippen molar-refractivity contribution in [2.45, 2.75) is 23.8 Å². The maximum absolute atomic E-state index is 12.9. The first-order chi connectivity index (χ1) is 20.5. The number of hydrogen-bond donors (Lipinski definition) is 3. The molecule has 3 amide bonds. The number of hydrogen-bond acceptors (Lipinski definition) is 8. The second-order valence-electron chi connectivity index (χ2n) is 9.44. The molecule has 3 rings (SSSR count). The van der Waals surface area contributed by atoms with E-state index in [1.54, 1.807) is 17.0 Å². The third kappa shape index (κ3) is 8.49. The van der Waals surface area contributed by atoms with E-state index in [-0.39, 0.29) is 29.5 Å². The van der Waals surface area contributed by atoms with Gasteiger partial charge in [-0.25, -0.2) is 4.79 Å². The number of aliphatic carboxylic acids is 1. The van der Waals surface area contributed by atoms with Crippen LogP contribution in [0.15, 0.2) is 35.2 Å². The summed E-state index contributed by atoms with van der Waals surface area (Å²) in [5.41, 5.74) is 0.766. The second-order valence-corrected chi connectivity index (χ2v) is 11.0. The number of carboxylic acid groups (broad SMARTS) is 1. The van der Waals surface area contributed by atoms with E-state index < -0.39 is 29.7 Å². The number of halogens is 2. The Morgan fingerprint density at radius 3 is 2.21 bits per heavy atom. The van der Waals surface area contributed by atoms with Crippen LogP contribution in [0.2, 0.25) is 10.0 Å². The zero-order chi connectivity index (χ0) is 31.7. The van der Waals surface area contributed by atoms with E-state index in [0.29, 0.717) is 47.3 Å². The lowest BCUT2D eigenvalue weighted by molar-refractivity contribution is -0.142. The van der Waals surface area contributed by atoms with Gasteiger partial charge >= 0.3 is 5.97 Å². The summed E-state index contributed by atoms with van der Waals surface area (Å²) in [6.45, 7) is 0.275. The summed E-state index contributed by atoms with van der Waals surface area (Å²) >= 11 is 14.1. The molecule has 1 atom stereocenters. The molecule has 1 fully saturated rings. The Morgan fingerprint density at radius 2 is 1.67 bits per heavy atom. The number of methoxy groups -OCH3 is 3. The van der Waals surface area contributed by atoms with E-state index in [2.05, 4.69) is 10.6 Å². The number of thioether (sulfide) groups is 1. The van der Waals surface area contributed by atoms with Crippen molar-refractivity contribution >= 4 is 64.7 Å².